The highest BCUT2D eigenvalue weighted by Gasteiger charge is 2.35. The summed E-state index contributed by atoms with van der Waals surface area (Å²) in [5, 5.41) is 3.52. The van der Waals surface area contributed by atoms with Crippen molar-refractivity contribution < 1.29 is 0 Å². The van der Waals surface area contributed by atoms with E-state index in [4.69, 9.17) is 4.98 Å². The van der Waals surface area contributed by atoms with Crippen molar-refractivity contribution in [3.8, 4) is 11.4 Å². The smallest absolute Gasteiger partial charge is 0.138 e. The Morgan fingerprint density at radius 3 is 1.94 bits per heavy atom. The molecule has 2 heterocycles. The lowest BCUT2D eigenvalue weighted by molar-refractivity contribution is 0.156. The molecule has 0 amide bonds. The molecule has 1 saturated heterocycles. The third-order valence-electron chi connectivity index (χ3n) is 6.78. The van der Waals surface area contributed by atoms with Crippen molar-refractivity contribution in [2.24, 2.45) is 0 Å². The Labute approximate surface area is 196 Å². The summed E-state index contributed by atoms with van der Waals surface area (Å²) in [6.45, 7) is 8.34. The van der Waals surface area contributed by atoms with Crippen molar-refractivity contribution in [1.29, 1.82) is 0 Å². The van der Waals surface area contributed by atoms with Gasteiger partial charge in [-0.25, -0.2) is 4.98 Å². The molecule has 1 aliphatic rings. The molecule has 3 aromatic carbocycles. The second kappa shape index (κ2) is 9.74. The van der Waals surface area contributed by atoms with Crippen LogP contribution in [0.25, 0.3) is 11.4 Å². The van der Waals surface area contributed by atoms with Gasteiger partial charge in [-0.1, -0.05) is 84.9 Å². The van der Waals surface area contributed by atoms with Crippen LogP contribution in [0.15, 0.2) is 84.9 Å². The molecular weight excluding hydrogens is 404 g/mol. The molecule has 4 nitrogen and oxygen atoms in total. The number of aromatic nitrogens is 2. The van der Waals surface area contributed by atoms with Crippen LogP contribution in [0.3, 0.4) is 0 Å². The molecule has 0 saturated carbocycles. The van der Waals surface area contributed by atoms with Crippen molar-refractivity contribution in [2.75, 3.05) is 26.2 Å². The van der Waals surface area contributed by atoms with E-state index in [1.165, 1.54) is 22.3 Å². The third-order valence-corrected chi connectivity index (χ3v) is 6.78. The lowest BCUT2D eigenvalue weighted by atomic mass is 9.82. The number of nitrogens with zero attached hydrogens (tertiary/aromatic N) is 2. The van der Waals surface area contributed by atoms with E-state index in [1.54, 1.807) is 0 Å². The summed E-state index contributed by atoms with van der Waals surface area (Å²) >= 11 is 0. The van der Waals surface area contributed by atoms with Crippen LogP contribution in [0.5, 0.6) is 0 Å². The molecule has 1 aromatic heterocycles. The fourth-order valence-electron chi connectivity index (χ4n) is 5.11. The Hall–Kier alpha value is -3.21. The number of hydrogen-bond donors (Lipinski definition) is 2. The van der Waals surface area contributed by atoms with Gasteiger partial charge in [-0.2, -0.15) is 0 Å². The van der Waals surface area contributed by atoms with Gasteiger partial charge in [0.25, 0.3) is 0 Å². The predicted molar refractivity (Wildman–Crippen MR) is 135 cm³/mol. The highest BCUT2D eigenvalue weighted by Crippen LogP contribution is 2.42. The van der Waals surface area contributed by atoms with E-state index >= 15 is 0 Å². The maximum Gasteiger partial charge on any atom is 0.138 e. The summed E-state index contributed by atoms with van der Waals surface area (Å²) in [7, 11) is 0. The van der Waals surface area contributed by atoms with Gasteiger partial charge in [0.15, 0.2) is 0 Å². The number of imidazole rings is 1. The molecule has 33 heavy (non-hydrogen) atoms. The Morgan fingerprint density at radius 2 is 1.33 bits per heavy atom. The van der Waals surface area contributed by atoms with Crippen molar-refractivity contribution in [2.45, 2.75) is 25.8 Å². The molecule has 0 radical (unpaired) electrons. The van der Waals surface area contributed by atoms with Crippen molar-refractivity contribution in [3.63, 3.8) is 0 Å². The second-order valence-electron chi connectivity index (χ2n) is 8.94. The summed E-state index contributed by atoms with van der Waals surface area (Å²) in [4.78, 5) is 11.5. The van der Waals surface area contributed by atoms with Gasteiger partial charge in [-0.05, 0) is 30.5 Å². The van der Waals surface area contributed by atoms with Crippen LogP contribution >= 0.6 is 0 Å². The summed E-state index contributed by atoms with van der Waals surface area (Å²) in [5.74, 6) is 1.15. The van der Waals surface area contributed by atoms with E-state index in [1.807, 2.05) is 0 Å². The number of piperazine rings is 1. The highest BCUT2D eigenvalue weighted by atomic mass is 15.2. The Bertz CT molecular complexity index is 1140. The van der Waals surface area contributed by atoms with Crippen LogP contribution in [0.2, 0.25) is 0 Å². The van der Waals surface area contributed by atoms with Gasteiger partial charge < -0.3 is 10.3 Å². The molecule has 1 aliphatic heterocycles. The summed E-state index contributed by atoms with van der Waals surface area (Å²) < 4.78 is 0. The first-order chi connectivity index (χ1) is 16.2. The number of aryl methyl sites for hydroxylation is 2. The van der Waals surface area contributed by atoms with Crippen molar-refractivity contribution in [3.05, 3.63) is 113 Å². The van der Waals surface area contributed by atoms with Crippen LogP contribution in [0.4, 0.5) is 0 Å². The van der Waals surface area contributed by atoms with Crippen LogP contribution < -0.4 is 5.32 Å². The topological polar surface area (TPSA) is 44.0 Å². The van der Waals surface area contributed by atoms with Crippen molar-refractivity contribution >= 4 is 0 Å². The van der Waals surface area contributed by atoms with Crippen LogP contribution in [0.1, 0.15) is 40.0 Å². The quantitative estimate of drug-likeness (QED) is 0.421. The average molecular weight is 437 g/mol. The number of benzene rings is 3. The van der Waals surface area contributed by atoms with Gasteiger partial charge in [0.1, 0.15) is 5.82 Å². The van der Waals surface area contributed by atoms with E-state index < -0.39 is 0 Å². The molecule has 2 N–H and O–H groups in total. The molecule has 0 bridgehead atoms. The summed E-state index contributed by atoms with van der Waals surface area (Å²) in [6.07, 6.45) is 0. The lowest BCUT2D eigenvalue weighted by Gasteiger charge is -2.39. The number of rotatable bonds is 6. The first kappa shape index (κ1) is 21.6. The summed E-state index contributed by atoms with van der Waals surface area (Å²) in [6, 6.07) is 30.5. The normalized spacial score (nSPS) is 15.6. The van der Waals surface area contributed by atoms with E-state index in [9.17, 15) is 0 Å². The highest BCUT2D eigenvalue weighted by molar-refractivity contribution is 5.61. The van der Waals surface area contributed by atoms with Crippen LogP contribution in [0, 0.1) is 13.8 Å². The number of aromatic amines is 1. The molecule has 0 aliphatic carbocycles. The monoisotopic (exact) mass is 436 g/mol. The Balaban J connectivity index is 1.67. The SMILES string of the molecule is Cc1ccccc1-c1nc(C(C(c2ccccc2)c2ccccc2)N2CCNCC2)c(C)[nH]1. The number of hydrogen-bond acceptors (Lipinski definition) is 3. The zero-order valence-electron chi connectivity index (χ0n) is 19.5. The van der Waals surface area contributed by atoms with Gasteiger partial charge in [0, 0.05) is 43.4 Å². The van der Waals surface area contributed by atoms with E-state index in [0.29, 0.717) is 0 Å². The fraction of sp³-hybridized carbons (Fsp3) is 0.276. The zero-order chi connectivity index (χ0) is 22.6. The number of H-pyrrole nitrogens is 1. The van der Waals surface area contributed by atoms with Gasteiger partial charge in [0.05, 0.1) is 11.7 Å². The summed E-state index contributed by atoms with van der Waals surface area (Å²) in [5.41, 5.74) is 7.35. The minimum absolute atomic E-state index is 0.144. The molecule has 1 fully saturated rings. The van der Waals surface area contributed by atoms with Crippen LogP contribution in [-0.2, 0) is 0 Å². The first-order valence-corrected chi connectivity index (χ1v) is 11.9. The molecule has 4 heteroatoms. The largest absolute Gasteiger partial charge is 0.342 e. The van der Waals surface area contributed by atoms with E-state index in [0.717, 1.165) is 43.4 Å². The molecule has 0 spiro atoms. The minimum atomic E-state index is 0.144. The van der Waals surface area contributed by atoms with E-state index in [2.05, 4.69) is 114 Å². The predicted octanol–water partition coefficient (Wildman–Crippen LogP) is 5.47. The van der Waals surface area contributed by atoms with Crippen molar-refractivity contribution in [1.82, 2.24) is 20.2 Å². The van der Waals surface area contributed by atoms with Gasteiger partial charge in [-0.3, -0.25) is 4.90 Å². The lowest BCUT2D eigenvalue weighted by Crippen LogP contribution is -2.47. The maximum atomic E-state index is 5.27. The van der Waals surface area contributed by atoms with E-state index in [-0.39, 0.29) is 12.0 Å². The zero-order valence-corrected chi connectivity index (χ0v) is 19.5. The fourth-order valence-corrected chi connectivity index (χ4v) is 5.11. The average Bonchev–Trinajstić information content (AvgIpc) is 3.25. The molecular formula is C29H32N4. The Morgan fingerprint density at radius 1 is 0.758 bits per heavy atom. The molecule has 168 valence electrons. The first-order valence-electron chi connectivity index (χ1n) is 11.9. The maximum absolute atomic E-state index is 5.27. The molecule has 1 atom stereocenters. The van der Waals surface area contributed by atoms with Gasteiger partial charge in [-0.15, -0.1) is 0 Å². The molecule has 5 rings (SSSR count). The third kappa shape index (κ3) is 4.50. The molecule has 4 aromatic rings. The second-order valence-corrected chi connectivity index (χ2v) is 8.94. The van der Waals surface area contributed by atoms with Gasteiger partial charge >= 0.3 is 0 Å². The number of nitrogens with one attached hydrogen (secondary N) is 2. The standard InChI is InChI=1S/C29H32N4/c1-21-11-9-10-16-25(21)29-31-22(2)27(32-29)28(33-19-17-30-18-20-33)26(23-12-5-3-6-13-23)24-14-7-4-8-15-24/h3-16,26,28,30H,17-20H2,1-2H3,(H,31,32). The molecule has 1 unspecified atom stereocenters. The Kier molecular flexibility index (Phi) is 6.38. The van der Waals surface area contributed by atoms with Crippen LogP contribution in [-0.4, -0.2) is 41.0 Å². The minimum Gasteiger partial charge on any atom is -0.342 e. The van der Waals surface area contributed by atoms with Gasteiger partial charge in [0.2, 0.25) is 0 Å².